The summed E-state index contributed by atoms with van der Waals surface area (Å²) in [5.74, 6) is 2.83. The molecule has 0 saturated carbocycles. The van der Waals surface area contributed by atoms with Crippen LogP contribution in [0.25, 0.3) is 0 Å². The van der Waals surface area contributed by atoms with Crippen molar-refractivity contribution in [2.45, 2.75) is 23.6 Å². The summed E-state index contributed by atoms with van der Waals surface area (Å²) in [5.41, 5.74) is 0. The Morgan fingerprint density at radius 2 is 1.33 bits per heavy atom. The van der Waals surface area contributed by atoms with Crippen molar-refractivity contribution in [3.05, 3.63) is 0 Å². The zero-order valence-corrected chi connectivity index (χ0v) is 10.2. The molecule has 0 radical (unpaired) electrons. The Morgan fingerprint density at radius 1 is 1.00 bits per heavy atom. The van der Waals surface area contributed by atoms with Crippen molar-refractivity contribution in [1.29, 1.82) is 0 Å². The van der Waals surface area contributed by atoms with Gasteiger partial charge in [0.2, 0.25) is 0 Å². The molecule has 0 aromatic carbocycles. The molecule has 0 aromatic rings. The molecular weight excluding hydrogens is 239 g/mol. The van der Waals surface area contributed by atoms with Gasteiger partial charge in [-0.3, -0.25) is 0 Å². The third-order valence-corrected chi connectivity index (χ3v) is 2.23. The number of hydrogen-bond donors (Lipinski definition) is 1. The number of halogens is 3. The SMILES string of the molecule is C1CCSCC1.CO.ClC(Cl)Cl. The van der Waals surface area contributed by atoms with Crippen LogP contribution in [-0.2, 0) is 0 Å². The summed E-state index contributed by atoms with van der Waals surface area (Å²) >= 11 is 16.5. The van der Waals surface area contributed by atoms with Crippen LogP contribution >= 0.6 is 46.6 Å². The van der Waals surface area contributed by atoms with Crippen molar-refractivity contribution in [3.8, 4) is 0 Å². The van der Waals surface area contributed by atoms with Gasteiger partial charge in [-0.2, -0.15) is 11.8 Å². The minimum atomic E-state index is -0.750. The number of alkyl halides is 3. The van der Waals surface area contributed by atoms with Crippen LogP contribution in [0.1, 0.15) is 19.3 Å². The predicted octanol–water partition coefficient (Wildman–Crippen LogP) is 3.50. The molecule has 1 N–H and O–H groups in total. The molecule has 0 bridgehead atoms. The first-order valence-corrected chi connectivity index (χ1v) is 6.14. The quantitative estimate of drug-likeness (QED) is 0.667. The molecule has 1 rings (SSSR count). The van der Waals surface area contributed by atoms with Gasteiger partial charge in [0, 0.05) is 7.11 Å². The van der Waals surface area contributed by atoms with E-state index < -0.39 is 4.30 Å². The van der Waals surface area contributed by atoms with E-state index in [0.717, 1.165) is 7.11 Å². The van der Waals surface area contributed by atoms with Crippen molar-refractivity contribution >= 4 is 46.6 Å². The fourth-order valence-electron chi connectivity index (χ4n) is 0.687. The predicted molar refractivity (Wildman–Crippen MR) is 60.7 cm³/mol. The first-order valence-electron chi connectivity index (χ1n) is 3.68. The van der Waals surface area contributed by atoms with E-state index in [1.807, 2.05) is 0 Å². The van der Waals surface area contributed by atoms with Gasteiger partial charge < -0.3 is 5.11 Å². The average molecular weight is 254 g/mol. The largest absolute Gasteiger partial charge is 0.400 e. The molecule has 0 spiro atoms. The highest BCUT2D eigenvalue weighted by molar-refractivity contribution is 7.99. The maximum absolute atomic E-state index is 7.00. The molecule has 0 unspecified atom stereocenters. The highest BCUT2D eigenvalue weighted by Gasteiger charge is 1.95. The van der Waals surface area contributed by atoms with Gasteiger partial charge in [0.25, 0.3) is 0 Å². The summed E-state index contributed by atoms with van der Waals surface area (Å²) in [7, 11) is 1.00. The lowest BCUT2D eigenvalue weighted by Crippen LogP contribution is -1.91. The van der Waals surface area contributed by atoms with Gasteiger partial charge >= 0.3 is 0 Å². The lowest BCUT2D eigenvalue weighted by molar-refractivity contribution is 0.399. The van der Waals surface area contributed by atoms with Crippen LogP contribution in [0.4, 0.5) is 0 Å². The Hall–Kier alpha value is 1.18. The summed E-state index contributed by atoms with van der Waals surface area (Å²) in [6, 6.07) is 0. The Kier molecular flexibility index (Phi) is 19.2. The van der Waals surface area contributed by atoms with Gasteiger partial charge in [0.05, 0.1) is 0 Å². The lowest BCUT2D eigenvalue weighted by Gasteiger charge is -2.05. The summed E-state index contributed by atoms with van der Waals surface area (Å²) in [5, 5.41) is 7.00. The van der Waals surface area contributed by atoms with Crippen LogP contribution in [0.5, 0.6) is 0 Å². The molecule has 0 aromatic heterocycles. The van der Waals surface area contributed by atoms with Crippen LogP contribution < -0.4 is 0 Å². The maximum Gasteiger partial charge on any atom is 0.180 e. The summed E-state index contributed by atoms with van der Waals surface area (Å²) in [6.45, 7) is 0. The van der Waals surface area contributed by atoms with E-state index in [0.29, 0.717) is 0 Å². The second-order valence-corrected chi connectivity index (χ2v) is 5.12. The highest BCUT2D eigenvalue weighted by atomic mass is 35.6. The molecule has 1 heterocycles. The molecule has 0 atom stereocenters. The number of hydrogen-bond acceptors (Lipinski definition) is 2. The second-order valence-electron chi connectivity index (χ2n) is 1.92. The molecule has 12 heavy (non-hydrogen) atoms. The van der Waals surface area contributed by atoms with E-state index in [1.54, 1.807) is 0 Å². The van der Waals surface area contributed by atoms with Crippen LogP contribution in [0.2, 0.25) is 0 Å². The van der Waals surface area contributed by atoms with Crippen LogP contribution in [0, 0.1) is 0 Å². The second kappa shape index (κ2) is 14.7. The fourth-order valence-corrected chi connectivity index (χ4v) is 1.71. The van der Waals surface area contributed by atoms with Crippen LogP contribution in [0.15, 0.2) is 0 Å². The number of thioether (sulfide) groups is 1. The van der Waals surface area contributed by atoms with Gasteiger partial charge in [-0.1, -0.05) is 41.2 Å². The Labute approximate surface area is 93.8 Å². The lowest BCUT2D eigenvalue weighted by atomic mass is 10.3. The van der Waals surface area contributed by atoms with Crippen molar-refractivity contribution in [1.82, 2.24) is 0 Å². The first-order chi connectivity index (χ1) is 5.73. The standard InChI is InChI=1S/C5H10S.CHCl3.CH4O/c1-2-4-6-5-3-1;2-1(3)4;1-2/h1-5H2;1H;2H,1H3. The molecule has 1 aliphatic rings. The summed E-state index contributed by atoms with van der Waals surface area (Å²) < 4.78 is -0.750. The Balaban J connectivity index is 0. The van der Waals surface area contributed by atoms with Gasteiger partial charge in [-0.25, -0.2) is 0 Å². The van der Waals surface area contributed by atoms with Crippen LogP contribution in [0.3, 0.4) is 0 Å². The molecule has 0 aliphatic carbocycles. The average Bonchev–Trinajstić information content (AvgIpc) is 2.10. The highest BCUT2D eigenvalue weighted by Crippen LogP contribution is 2.14. The minimum absolute atomic E-state index is 0.750. The minimum Gasteiger partial charge on any atom is -0.400 e. The molecule has 1 fully saturated rings. The number of aliphatic hydroxyl groups excluding tert-OH is 1. The summed E-state index contributed by atoms with van der Waals surface area (Å²) in [4.78, 5) is 0. The third-order valence-electron chi connectivity index (χ3n) is 1.08. The monoisotopic (exact) mass is 252 g/mol. The maximum atomic E-state index is 7.00. The van der Waals surface area contributed by atoms with E-state index in [1.165, 1.54) is 30.8 Å². The van der Waals surface area contributed by atoms with Crippen LogP contribution in [-0.4, -0.2) is 28.0 Å². The van der Waals surface area contributed by atoms with Crippen molar-refractivity contribution in [3.63, 3.8) is 0 Å². The number of rotatable bonds is 0. The van der Waals surface area contributed by atoms with Crippen molar-refractivity contribution in [2.24, 2.45) is 0 Å². The molecular formula is C7H15Cl3OS. The topological polar surface area (TPSA) is 20.2 Å². The van der Waals surface area contributed by atoms with Crippen molar-refractivity contribution in [2.75, 3.05) is 18.6 Å². The fraction of sp³-hybridized carbons (Fsp3) is 1.00. The van der Waals surface area contributed by atoms with E-state index in [2.05, 4.69) is 11.8 Å². The molecule has 1 saturated heterocycles. The summed E-state index contributed by atoms with van der Waals surface area (Å²) in [6.07, 6.45) is 4.41. The Morgan fingerprint density at radius 3 is 1.42 bits per heavy atom. The van der Waals surface area contributed by atoms with E-state index in [9.17, 15) is 0 Å². The number of aliphatic hydroxyl groups is 1. The van der Waals surface area contributed by atoms with Gasteiger partial charge in [0.15, 0.2) is 4.30 Å². The molecule has 5 heteroatoms. The smallest absolute Gasteiger partial charge is 0.180 e. The molecule has 0 amide bonds. The van der Waals surface area contributed by atoms with E-state index in [-0.39, 0.29) is 0 Å². The first kappa shape index (κ1) is 15.6. The zero-order valence-electron chi connectivity index (χ0n) is 7.10. The van der Waals surface area contributed by atoms with Gasteiger partial charge in [0.1, 0.15) is 0 Å². The molecule has 1 nitrogen and oxygen atoms in total. The normalized spacial score (nSPS) is 15.5. The van der Waals surface area contributed by atoms with E-state index in [4.69, 9.17) is 39.9 Å². The van der Waals surface area contributed by atoms with Gasteiger partial charge in [-0.15, -0.1) is 0 Å². The van der Waals surface area contributed by atoms with Crippen molar-refractivity contribution < 1.29 is 5.11 Å². The van der Waals surface area contributed by atoms with Gasteiger partial charge in [-0.05, 0) is 24.3 Å². The third kappa shape index (κ3) is 22.5. The van der Waals surface area contributed by atoms with E-state index >= 15 is 0 Å². The molecule has 1 aliphatic heterocycles. The zero-order chi connectivity index (χ0) is 9.82. The molecule has 76 valence electrons. The Bertz CT molecular complexity index is 55.4.